The molecule has 0 spiro atoms. The van der Waals surface area contributed by atoms with Crippen molar-refractivity contribution in [1.82, 2.24) is 9.78 Å². The maximum absolute atomic E-state index is 13.7. The van der Waals surface area contributed by atoms with E-state index in [-0.39, 0.29) is 35.9 Å². The molecule has 1 saturated carbocycles. The third-order valence-corrected chi connectivity index (χ3v) is 7.25. The summed E-state index contributed by atoms with van der Waals surface area (Å²) in [5.74, 6) is 0.0109. The van der Waals surface area contributed by atoms with Crippen molar-refractivity contribution in [3.8, 4) is 5.69 Å². The van der Waals surface area contributed by atoms with E-state index in [1.807, 2.05) is 13.8 Å². The normalized spacial score (nSPS) is 17.1. The first-order valence-electron chi connectivity index (χ1n) is 13.4. The first-order chi connectivity index (χ1) is 18.7. The minimum absolute atomic E-state index is 0.00762. The summed E-state index contributed by atoms with van der Waals surface area (Å²) < 4.78 is 6.88. The van der Waals surface area contributed by atoms with Crippen molar-refractivity contribution in [1.29, 1.82) is 0 Å². The number of anilines is 2. The molecule has 3 aromatic rings. The van der Waals surface area contributed by atoms with E-state index in [1.54, 1.807) is 71.2 Å². The molecule has 1 aromatic heterocycles. The number of rotatable bonds is 8. The van der Waals surface area contributed by atoms with Crippen LogP contribution in [0.15, 0.2) is 54.7 Å². The lowest BCUT2D eigenvalue weighted by atomic mass is 9.82. The van der Waals surface area contributed by atoms with Crippen LogP contribution in [0.1, 0.15) is 74.1 Å². The van der Waals surface area contributed by atoms with Gasteiger partial charge in [-0.15, -0.1) is 5.10 Å². The molecule has 39 heavy (non-hydrogen) atoms. The number of aromatic nitrogens is 2. The number of hydrogen-bond acceptors (Lipinski definition) is 5. The molecule has 1 aliphatic carbocycles. The Bertz CT molecular complexity index is 1330. The predicted molar refractivity (Wildman–Crippen MR) is 153 cm³/mol. The maximum atomic E-state index is 13.7. The molecule has 4 rings (SSSR count). The van der Waals surface area contributed by atoms with Crippen molar-refractivity contribution in [3.63, 3.8) is 0 Å². The van der Waals surface area contributed by atoms with Crippen LogP contribution in [0, 0.1) is 11.8 Å². The van der Waals surface area contributed by atoms with Gasteiger partial charge < -0.3 is 10.1 Å². The number of carbonyl (C=O) groups excluding carboxylic acids is 3. The molecule has 9 heteroatoms. The Labute approximate surface area is 234 Å². The van der Waals surface area contributed by atoms with E-state index in [0.717, 1.165) is 25.7 Å². The van der Waals surface area contributed by atoms with Crippen molar-refractivity contribution in [3.05, 3.63) is 70.9 Å². The molecule has 206 valence electrons. The number of nitrogens with zero attached hydrogens (tertiary/aromatic N) is 3. The van der Waals surface area contributed by atoms with Gasteiger partial charge in [-0.25, -0.2) is 9.48 Å². The second-order valence-electron chi connectivity index (χ2n) is 10.3. The van der Waals surface area contributed by atoms with E-state index in [1.165, 1.54) is 0 Å². The summed E-state index contributed by atoms with van der Waals surface area (Å²) in [6, 6.07) is 13.6. The summed E-state index contributed by atoms with van der Waals surface area (Å²) in [6.07, 6.45) is 5.30. The summed E-state index contributed by atoms with van der Waals surface area (Å²) in [5.41, 5.74) is 1.94. The molecule has 0 unspecified atom stereocenters. The number of esters is 1. The number of ether oxygens (including phenoxy) is 1. The van der Waals surface area contributed by atoms with Crippen molar-refractivity contribution in [2.24, 2.45) is 11.8 Å². The van der Waals surface area contributed by atoms with E-state index in [9.17, 15) is 14.4 Å². The van der Waals surface area contributed by atoms with Gasteiger partial charge in [0, 0.05) is 34.4 Å². The van der Waals surface area contributed by atoms with Gasteiger partial charge in [-0.3, -0.25) is 14.5 Å². The minimum atomic E-state index is -0.528. The van der Waals surface area contributed by atoms with Gasteiger partial charge in [0.1, 0.15) is 5.56 Å². The average molecular weight is 551 g/mol. The van der Waals surface area contributed by atoms with E-state index >= 15 is 0 Å². The van der Waals surface area contributed by atoms with E-state index in [2.05, 4.69) is 12.2 Å². The predicted octanol–water partition coefficient (Wildman–Crippen LogP) is 6.52. The third-order valence-electron chi connectivity index (χ3n) is 7.01. The highest BCUT2D eigenvalue weighted by Crippen LogP contribution is 2.33. The maximum Gasteiger partial charge on any atom is 0.343 e. The van der Waals surface area contributed by atoms with Crippen LogP contribution in [0.2, 0.25) is 5.02 Å². The zero-order valence-corrected chi connectivity index (χ0v) is 23.6. The molecule has 2 amide bonds. The van der Waals surface area contributed by atoms with Crippen molar-refractivity contribution in [2.75, 3.05) is 16.8 Å². The van der Waals surface area contributed by atoms with Gasteiger partial charge in [-0.05, 0) is 94.8 Å². The molecule has 8 nitrogen and oxygen atoms in total. The standard InChI is InChI=1S/C30H35ClN4O4/c1-5-39-30(38)26-18-34(33-27(26)35(19(2)3)29(37)21-11-9-20(4)10-12-21)25-15-13-24(14-16-25)32-28(36)22-7-6-8-23(31)17-22/h6-8,13-21H,5,9-12H2,1-4H3,(H,32,36)/t20-,21-. The monoisotopic (exact) mass is 550 g/mol. The molecular formula is C30H35ClN4O4. The van der Waals surface area contributed by atoms with Gasteiger partial charge in [0.2, 0.25) is 5.91 Å². The Hall–Kier alpha value is -3.65. The third kappa shape index (κ3) is 6.68. The highest BCUT2D eigenvalue weighted by molar-refractivity contribution is 6.31. The zero-order valence-electron chi connectivity index (χ0n) is 22.8. The lowest BCUT2D eigenvalue weighted by Crippen LogP contribution is -2.43. The number of halogens is 1. The van der Waals surface area contributed by atoms with Crippen molar-refractivity contribution >= 4 is 40.9 Å². The fraction of sp³-hybridized carbons (Fsp3) is 0.400. The number of benzene rings is 2. The Morgan fingerprint density at radius 3 is 2.41 bits per heavy atom. The van der Waals surface area contributed by atoms with Crippen LogP contribution in [-0.2, 0) is 9.53 Å². The van der Waals surface area contributed by atoms with E-state index in [0.29, 0.717) is 33.7 Å². The SMILES string of the molecule is CCOC(=O)c1cn(-c2ccc(NC(=O)c3cccc(Cl)c3)cc2)nc1N(C(=O)[C@H]1CC[C@H](C)CC1)C(C)C. The van der Waals surface area contributed by atoms with Gasteiger partial charge in [-0.2, -0.15) is 0 Å². The molecule has 0 bridgehead atoms. The van der Waals surface area contributed by atoms with Crippen molar-refractivity contribution < 1.29 is 19.1 Å². The topological polar surface area (TPSA) is 93.5 Å². The Morgan fingerprint density at radius 1 is 1.10 bits per heavy atom. The average Bonchev–Trinajstić information content (AvgIpc) is 3.34. The number of carbonyl (C=O) groups is 3. The molecule has 1 N–H and O–H groups in total. The number of nitrogens with one attached hydrogen (secondary N) is 1. The van der Waals surface area contributed by atoms with Crippen LogP contribution in [0.25, 0.3) is 5.69 Å². The molecule has 1 aliphatic rings. The van der Waals surface area contributed by atoms with Gasteiger partial charge in [0.05, 0.1) is 12.3 Å². The zero-order chi connectivity index (χ0) is 28.1. The molecule has 1 fully saturated rings. The number of hydrogen-bond donors (Lipinski definition) is 1. The summed E-state index contributed by atoms with van der Waals surface area (Å²) in [5, 5.41) is 8.04. The molecular weight excluding hydrogens is 516 g/mol. The van der Waals surface area contributed by atoms with E-state index < -0.39 is 5.97 Å². The Kier molecular flexibility index (Phi) is 9.07. The van der Waals surface area contributed by atoms with Crippen LogP contribution in [0.5, 0.6) is 0 Å². The fourth-order valence-corrected chi connectivity index (χ4v) is 5.06. The van der Waals surface area contributed by atoms with Crippen LogP contribution in [-0.4, -0.2) is 40.2 Å². The van der Waals surface area contributed by atoms with Crippen molar-refractivity contribution in [2.45, 2.75) is 59.4 Å². The van der Waals surface area contributed by atoms with Crippen LogP contribution in [0.3, 0.4) is 0 Å². The number of amides is 2. The second-order valence-corrected chi connectivity index (χ2v) is 10.7. The summed E-state index contributed by atoms with van der Waals surface area (Å²) in [6.45, 7) is 8.02. The van der Waals surface area contributed by atoms with E-state index in [4.69, 9.17) is 21.4 Å². The van der Waals surface area contributed by atoms with Gasteiger partial charge in [0.15, 0.2) is 5.82 Å². The molecule has 2 aromatic carbocycles. The fourth-order valence-electron chi connectivity index (χ4n) is 4.87. The first kappa shape index (κ1) is 28.4. The highest BCUT2D eigenvalue weighted by atomic mass is 35.5. The summed E-state index contributed by atoms with van der Waals surface area (Å²) in [4.78, 5) is 40.9. The Balaban J connectivity index is 1.61. The van der Waals surface area contributed by atoms with Gasteiger partial charge in [-0.1, -0.05) is 24.6 Å². The van der Waals surface area contributed by atoms with Gasteiger partial charge in [0.25, 0.3) is 5.91 Å². The quantitative estimate of drug-likeness (QED) is 0.322. The van der Waals surface area contributed by atoms with Gasteiger partial charge >= 0.3 is 5.97 Å². The summed E-state index contributed by atoms with van der Waals surface area (Å²) >= 11 is 6.00. The summed E-state index contributed by atoms with van der Waals surface area (Å²) in [7, 11) is 0. The van der Waals surface area contributed by atoms with Crippen LogP contribution >= 0.6 is 11.6 Å². The lowest BCUT2D eigenvalue weighted by Gasteiger charge is -2.32. The van der Waals surface area contributed by atoms with Crippen LogP contribution < -0.4 is 10.2 Å². The molecule has 0 atom stereocenters. The second kappa shape index (κ2) is 12.5. The smallest absolute Gasteiger partial charge is 0.343 e. The molecule has 0 aliphatic heterocycles. The first-order valence-corrected chi connectivity index (χ1v) is 13.8. The van der Waals surface area contributed by atoms with Crippen LogP contribution in [0.4, 0.5) is 11.5 Å². The molecule has 0 radical (unpaired) electrons. The highest BCUT2D eigenvalue weighted by Gasteiger charge is 2.34. The molecule has 1 heterocycles. The Morgan fingerprint density at radius 2 is 1.79 bits per heavy atom. The minimum Gasteiger partial charge on any atom is -0.462 e. The lowest BCUT2D eigenvalue weighted by molar-refractivity contribution is -0.124. The molecule has 0 saturated heterocycles. The largest absolute Gasteiger partial charge is 0.462 e.